The summed E-state index contributed by atoms with van der Waals surface area (Å²) in [5.41, 5.74) is 5.07. The first kappa shape index (κ1) is 17.3. The normalized spacial score (nSPS) is 10.9. The maximum absolute atomic E-state index is 5.95. The highest BCUT2D eigenvalue weighted by Crippen LogP contribution is 2.25. The van der Waals surface area contributed by atoms with E-state index in [1.807, 2.05) is 42.5 Å². The van der Waals surface area contributed by atoms with Gasteiger partial charge in [-0.1, -0.05) is 29.8 Å². The number of hydrogen-bond acceptors (Lipinski definition) is 6. The average molecular weight is 400 g/mol. The van der Waals surface area contributed by atoms with E-state index in [1.54, 1.807) is 30.9 Å². The van der Waals surface area contributed by atoms with Crippen molar-refractivity contribution in [2.75, 3.05) is 5.32 Å². The zero-order valence-corrected chi connectivity index (χ0v) is 15.8. The fraction of sp³-hybridized carbons (Fsp3) is 0. The van der Waals surface area contributed by atoms with Crippen molar-refractivity contribution in [3.8, 4) is 22.6 Å². The number of halogens is 1. The maximum Gasteiger partial charge on any atom is 0.227 e. The molecule has 0 aliphatic rings. The molecular formula is C21H14ClN7. The Bertz CT molecular complexity index is 1280. The number of imidazole rings is 1. The van der Waals surface area contributed by atoms with Gasteiger partial charge in [0.25, 0.3) is 0 Å². The number of pyridine rings is 2. The molecule has 2 N–H and O–H groups in total. The first-order valence-corrected chi connectivity index (χ1v) is 9.24. The second-order valence-electron chi connectivity index (χ2n) is 6.33. The Kier molecular flexibility index (Phi) is 4.34. The second-order valence-corrected chi connectivity index (χ2v) is 6.71. The van der Waals surface area contributed by atoms with Crippen LogP contribution < -0.4 is 5.32 Å². The van der Waals surface area contributed by atoms with Gasteiger partial charge in [0, 0.05) is 41.5 Å². The predicted molar refractivity (Wildman–Crippen MR) is 113 cm³/mol. The molecule has 0 amide bonds. The minimum Gasteiger partial charge on any atom is -0.337 e. The van der Waals surface area contributed by atoms with E-state index in [0.717, 1.165) is 39.4 Å². The monoisotopic (exact) mass is 399 g/mol. The first-order chi connectivity index (χ1) is 14.2. The van der Waals surface area contributed by atoms with Gasteiger partial charge in [-0.05, 0) is 24.3 Å². The first-order valence-electron chi connectivity index (χ1n) is 8.87. The summed E-state index contributed by atoms with van der Waals surface area (Å²) in [5.74, 6) is 1.24. The number of nitrogens with zero attached hydrogens (tertiary/aromatic N) is 5. The number of hydrogen-bond donors (Lipinski definition) is 2. The van der Waals surface area contributed by atoms with Crippen LogP contribution in [0.3, 0.4) is 0 Å². The van der Waals surface area contributed by atoms with Crippen LogP contribution in [0.25, 0.3) is 33.7 Å². The second kappa shape index (κ2) is 7.29. The summed E-state index contributed by atoms with van der Waals surface area (Å²) in [6.45, 7) is 0. The van der Waals surface area contributed by atoms with Crippen LogP contribution >= 0.6 is 11.6 Å². The van der Waals surface area contributed by atoms with Crippen molar-refractivity contribution in [1.29, 1.82) is 0 Å². The van der Waals surface area contributed by atoms with E-state index in [1.165, 1.54) is 0 Å². The Balaban J connectivity index is 1.39. The molecule has 0 bridgehead atoms. The van der Waals surface area contributed by atoms with E-state index in [-0.39, 0.29) is 0 Å². The van der Waals surface area contributed by atoms with E-state index >= 15 is 0 Å². The fourth-order valence-electron chi connectivity index (χ4n) is 2.95. The number of H-pyrrole nitrogens is 1. The molecule has 0 spiro atoms. The summed E-state index contributed by atoms with van der Waals surface area (Å²) < 4.78 is 0. The Labute approximate surface area is 170 Å². The number of aromatic nitrogens is 6. The summed E-state index contributed by atoms with van der Waals surface area (Å²) in [7, 11) is 0. The molecule has 4 aromatic heterocycles. The molecule has 0 saturated heterocycles. The molecule has 0 unspecified atom stereocenters. The Morgan fingerprint density at radius 3 is 2.55 bits per heavy atom. The van der Waals surface area contributed by atoms with Crippen molar-refractivity contribution in [3.05, 3.63) is 78.5 Å². The topological polar surface area (TPSA) is 92.3 Å². The minimum atomic E-state index is 0.414. The van der Waals surface area contributed by atoms with E-state index in [4.69, 9.17) is 11.6 Å². The van der Waals surface area contributed by atoms with Crippen LogP contribution in [0, 0.1) is 0 Å². The van der Waals surface area contributed by atoms with Crippen LogP contribution in [-0.4, -0.2) is 29.9 Å². The third kappa shape index (κ3) is 3.63. The molecule has 5 rings (SSSR count). The van der Waals surface area contributed by atoms with Gasteiger partial charge in [-0.3, -0.25) is 4.98 Å². The van der Waals surface area contributed by atoms with Crippen LogP contribution in [-0.2, 0) is 0 Å². The number of aromatic amines is 1. The third-order valence-corrected chi connectivity index (χ3v) is 4.55. The van der Waals surface area contributed by atoms with Gasteiger partial charge in [-0.2, -0.15) is 0 Å². The van der Waals surface area contributed by atoms with Crippen molar-refractivity contribution in [1.82, 2.24) is 29.9 Å². The molecule has 5 aromatic rings. The van der Waals surface area contributed by atoms with E-state index in [0.29, 0.717) is 11.1 Å². The summed E-state index contributed by atoms with van der Waals surface area (Å²) in [5, 5.41) is 3.63. The van der Waals surface area contributed by atoms with E-state index in [2.05, 4.69) is 35.2 Å². The molecule has 140 valence electrons. The van der Waals surface area contributed by atoms with Gasteiger partial charge in [0.15, 0.2) is 0 Å². The lowest BCUT2D eigenvalue weighted by Gasteiger charge is -2.07. The lowest BCUT2D eigenvalue weighted by molar-refractivity contribution is 1.16. The highest BCUT2D eigenvalue weighted by molar-refractivity contribution is 6.29. The fourth-order valence-corrected chi connectivity index (χ4v) is 3.11. The maximum atomic E-state index is 5.95. The van der Waals surface area contributed by atoms with Gasteiger partial charge >= 0.3 is 0 Å². The summed E-state index contributed by atoms with van der Waals surface area (Å²) in [4.78, 5) is 25.0. The van der Waals surface area contributed by atoms with Crippen molar-refractivity contribution < 1.29 is 0 Å². The van der Waals surface area contributed by atoms with Gasteiger partial charge in [0.2, 0.25) is 5.95 Å². The van der Waals surface area contributed by atoms with Gasteiger partial charge in [0.1, 0.15) is 11.0 Å². The molecular weight excluding hydrogens is 386 g/mol. The number of rotatable bonds is 4. The molecule has 4 heterocycles. The standard InChI is InChI=1S/C21H14ClN7/c22-19-9-17-18(12-24-19)29-20(28-17)13-4-3-5-15(8-13)27-21-25-10-14(11-26-21)16-6-1-2-7-23-16/h1-12H,(H,28,29)(H,25,26,27). The molecule has 8 heteroatoms. The van der Waals surface area contributed by atoms with Gasteiger partial charge < -0.3 is 10.3 Å². The highest BCUT2D eigenvalue weighted by atomic mass is 35.5. The molecule has 0 aliphatic carbocycles. The minimum absolute atomic E-state index is 0.414. The smallest absolute Gasteiger partial charge is 0.227 e. The predicted octanol–water partition coefficient (Wildman–Crippen LogP) is 4.87. The van der Waals surface area contributed by atoms with Crippen molar-refractivity contribution in [3.63, 3.8) is 0 Å². The molecule has 0 saturated carbocycles. The third-order valence-electron chi connectivity index (χ3n) is 4.34. The lowest BCUT2D eigenvalue weighted by Crippen LogP contribution is -1.97. The molecule has 0 atom stereocenters. The molecule has 0 fully saturated rings. The Morgan fingerprint density at radius 2 is 1.72 bits per heavy atom. The lowest BCUT2D eigenvalue weighted by atomic mass is 10.2. The summed E-state index contributed by atoms with van der Waals surface area (Å²) in [6, 6.07) is 15.3. The number of benzene rings is 1. The van der Waals surface area contributed by atoms with E-state index in [9.17, 15) is 0 Å². The molecule has 0 aliphatic heterocycles. The quantitative estimate of drug-likeness (QED) is 0.419. The average Bonchev–Trinajstić information content (AvgIpc) is 3.18. The number of nitrogens with one attached hydrogen (secondary N) is 2. The highest BCUT2D eigenvalue weighted by Gasteiger charge is 2.08. The zero-order valence-electron chi connectivity index (χ0n) is 15.0. The number of fused-ring (bicyclic) bond motifs is 1. The van der Waals surface area contributed by atoms with Crippen LogP contribution in [0.2, 0.25) is 5.15 Å². The van der Waals surface area contributed by atoms with Crippen LogP contribution in [0.4, 0.5) is 11.6 Å². The van der Waals surface area contributed by atoms with Gasteiger partial charge in [0.05, 0.1) is 22.9 Å². The summed E-state index contributed by atoms with van der Waals surface area (Å²) >= 11 is 5.95. The van der Waals surface area contributed by atoms with Gasteiger partial charge in [-0.25, -0.2) is 19.9 Å². The SMILES string of the molecule is Clc1cc2nc(-c3cccc(Nc4ncc(-c5ccccn5)cn4)c3)[nH]c2cn1. The molecule has 0 radical (unpaired) electrons. The van der Waals surface area contributed by atoms with Crippen LogP contribution in [0.15, 0.2) is 73.3 Å². The molecule has 29 heavy (non-hydrogen) atoms. The van der Waals surface area contributed by atoms with Crippen molar-refractivity contribution in [2.45, 2.75) is 0 Å². The van der Waals surface area contributed by atoms with Gasteiger partial charge in [-0.15, -0.1) is 0 Å². The van der Waals surface area contributed by atoms with Crippen LogP contribution in [0.1, 0.15) is 0 Å². The van der Waals surface area contributed by atoms with Crippen LogP contribution in [0.5, 0.6) is 0 Å². The van der Waals surface area contributed by atoms with E-state index < -0.39 is 0 Å². The van der Waals surface area contributed by atoms with Crippen molar-refractivity contribution in [2.24, 2.45) is 0 Å². The molecule has 1 aromatic carbocycles. The number of anilines is 2. The Morgan fingerprint density at radius 1 is 0.828 bits per heavy atom. The molecule has 7 nitrogen and oxygen atoms in total. The Hall–Kier alpha value is -3.84. The summed E-state index contributed by atoms with van der Waals surface area (Å²) in [6.07, 6.45) is 6.91. The zero-order chi connectivity index (χ0) is 19.6. The largest absolute Gasteiger partial charge is 0.337 e. The van der Waals surface area contributed by atoms with Crippen molar-refractivity contribution >= 4 is 34.3 Å².